The van der Waals surface area contributed by atoms with E-state index < -0.39 is 23.5 Å². The lowest BCUT2D eigenvalue weighted by atomic mass is 9.83. The van der Waals surface area contributed by atoms with E-state index in [1.165, 1.54) is 23.7 Å². The molecule has 0 unspecified atom stereocenters. The summed E-state index contributed by atoms with van der Waals surface area (Å²) < 4.78 is 6.35. The summed E-state index contributed by atoms with van der Waals surface area (Å²) in [7, 11) is 0. The second kappa shape index (κ2) is 8.61. The molecule has 1 aromatic heterocycles. The summed E-state index contributed by atoms with van der Waals surface area (Å²) in [5.74, 6) is -1.30. The summed E-state index contributed by atoms with van der Waals surface area (Å²) in [5, 5.41) is 16.1. The van der Waals surface area contributed by atoms with Crippen molar-refractivity contribution in [3.63, 3.8) is 0 Å². The summed E-state index contributed by atoms with van der Waals surface area (Å²) >= 11 is 0. The Labute approximate surface area is 152 Å². The molecule has 0 saturated heterocycles. The van der Waals surface area contributed by atoms with Crippen molar-refractivity contribution in [1.29, 1.82) is 5.26 Å². The van der Waals surface area contributed by atoms with Gasteiger partial charge in [-0.15, -0.1) is 0 Å². The van der Waals surface area contributed by atoms with Crippen LogP contribution in [0.2, 0.25) is 0 Å². The largest absolute Gasteiger partial charge is 0.448 e. The van der Waals surface area contributed by atoms with E-state index in [1.807, 2.05) is 6.92 Å². The minimum atomic E-state index is -1.07. The monoisotopic (exact) mass is 360 g/mol. The lowest BCUT2D eigenvalue weighted by Crippen LogP contribution is -2.52. The van der Waals surface area contributed by atoms with Crippen molar-refractivity contribution in [1.82, 2.24) is 15.1 Å². The molecule has 0 aliphatic heterocycles. The molecular weight excluding hydrogens is 336 g/mol. The van der Waals surface area contributed by atoms with E-state index in [0.29, 0.717) is 25.8 Å². The first-order chi connectivity index (χ1) is 12.4. The molecule has 0 radical (unpaired) electrons. The number of aromatic nitrogens is 2. The molecule has 0 bridgehead atoms. The second-order valence-corrected chi connectivity index (χ2v) is 6.57. The van der Waals surface area contributed by atoms with Crippen LogP contribution < -0.4 is 10.9 Å². The molecule has 1 heterocycles. The number of carbonyl (C=O) groups excluding carboxylic acids is 2. The van der Waals surface area contributed by atoms with Gasteiger partial charge >= 0.3 is 5.97 Å². The van der Waals surface area contributed by atoms with Gasteiger partial charge in [0.1, 0.15) is 5.54 Å². The number of nitrogens with zero attached hydrogens (tertiary/aromatic N) is 3. The summed E-state index contributed by atoms with van der Waals surface area (Å²) in [4.78, 5) is 36.2. The van der Waals surface area contributed by atoms with E-state index in [4.69, 9.17) is 4.74 Å². The number of amides is 1. The van der Waals surface area contributed by atoms with Crippen LogP contribution in [0.25, 0.3) is 0 Å². The van der Waals surface area contributed by atoms with E-state index in [1.54, 1.807) is 0 Å². The maximum absolute atomic E-state index is 12.4. The van der Waals surface area contributed by atoms with Crippen LogP contribution in [0.15, 0.2) is 16.9 Å². The smallest absolute Gasteiger partial charge is 0.359 e. The van der Waals surface area contributed by atoms with Crippen molar-refractivity contribution >= 4 is 11.9 Å². The van der Waals surface area contributed by atoms with Crippen LogP contribution in [-0.4, -0.2) is 33.3 Å². The third-order valence-corrected chi connectivity index (χ3v) is 4.45. The fourth-order valence-electron chi connectivity index (χ4n) is 2.96. The molecule has 2 rings (SSSR count). The Morgan fingerprint density at radius 2 is 2.08 bits per heavy atom. The highest BCUT2D eigenvalue weighted by Crippen LogP contribution is 2.27. The zero-order valence-electron chi connectivity index (χ0n) is 15.2. The average Bonchev–Trinajstić information content (AvgIpc) is 2.64. The van der Waals surface area contributed by atoms with Crippen molar-refractivity contribution in [3.8, 4) is 6.07 Å². The number of carbonyl (C=O) groups is 2. The van der Waals surface area contributed by atoms with Crippen molar-refractivity contribution in [2.75, 3.05) is 0 Å². The molecule has 1 saturated carbocycles. The van der Waals surface area contributed by atoms with Gasteiger partial charge in [0.15, 0.2) is 11.8 Å². The number of hydrogen-bond donors (Lipinski definition) is 1. The van der Waals surface area contributed by atoms with Crippen LogP contribution in [0.1, 0.15) is 62.9 Å². The van der Waals surface area contributed by atoms with Gasteiger partial charge in [-0.3, -0.25) is 9.59 Å². The van der Waals surface area contributed by atoms with E-state index in [0.717, 1.165) is 19.3 Å². The zero-order chi connectivity index (χ0) is 19.2. The molecule has 1 N–H and O–H groups in total. The molecular formula is C18H24N4O4. The number of hydrogen-bond acceptors (Lipinski definition) is 6. The quantitative estimate of drug-likeness (QED) is 0.770. The highest BCUT2D eigenvalue weighted by Gasteiger charge is 2.35. The number of nitriles is 1. The number of aryl methyl sites for hydroxylation is 1. The predicted octanol–water partition coefficient (Wildman–Crippen LogP) is 1.54. The van der Waals surface area contributed by atoms with Gasteiger partial charge in [-0.05, 0) is 32.3 Å². The van der Waals surface area contributed by atoms with E-state index in [2.05, 4.69) is 16.5 Å². The second-order valence-electron chi connectivity index (χ2n) is 6.57. The average molecular weight is 360 g/mol. The topological polar surface area (TPSA) is 114 Å². The summed E-state index contributed by atoms with van der Waals surface area (Å²) in [6.07, 6.45) is 3.63. The summed E-state index contributed by atoms with van der Waals surface area (Å²) in [5.41, 5.74) is -1.23. The molecule has 1 amide bonds. The number of rotatable bonds is 6. The first kappa shape index (κ1) is 19.6. The third kappa shape index (κ3) is 4.69. The Hall–Kier alpha value is -2.69. The van der Waals surface area contributed by atoms with Crippen LogP contribution in [0.4, 0.5) is 0 Å². The molecule has 0 spiro atoms. The minimum Gasteiger partial charge on any atom is -0.448 e. The van der Waals surface area contributed by atoms with Gasteiger partial charge in [0.05, 0.1) is 6.07 Å². The highest BCUT2D eigenvalue weighted by atomic mass is 16.5. The molecule has 1 fully saturated rings. The fourth-order valence-corrected chi connectivity index (χ4v) is 2.96. The molecule has 0 aromatic carbocycles. The number of nitrogens with one attached hydrogen (secondary N) is 1. The Bertz CT molecular complexity index is 759. The third-order valence-electron chi connectivity index (χ3n) is 4.45. The standard InChI is InChI=1S/C18H24N4O4/c1-3-11-22-15(23)8-7-14(21-22)17(25)26-13(2)16(24)20-18(12-19)9-5-4-6-10-18/h7-8,13H,3-6,9-11H2,1-2H3,(H,20,24)/t13-/m1/s1. The molecule has 1 aliphatic carbocycles. The normalized spacial score (nSPS) is 17.0. The number of ether oxygens (including phenoxy) is 1. The van der Waals surface area contributed by atoms with Crippen LogP contribution in [0.3, 0.4) is 0 Å². The first-order valence-electron chi connectivity index (χ1n) is 8.93. The van der Waals surface area contributed by atoms with Gasteiger partial charge in [0.25, 0.3) is 11.5 Å². The molecule has 8 nitrogen and oxygen atoms in total. The van der Waals surface area contributed by atoms with E-state index in [-0.39, 0.29) is 11.3 Å². The van der Waals surface area contributed by atoms with Gasteiger partial charge in [0, 0.05) is 12.6 Å². The summed E-state index contributed by atoms with van der Waals surface area (Å²) in [6.45, 7) is 3.73. The van der Waals surface area contributed by atoms with Crippen LogP contribution in [0.5, 0.6) is 0 Å². The molecule has 140 valence electrons. The van der Waals surface area contributed by atoms with E-state index >= 15 is 0 Å². The lowest BCUT2D eigenvalue weighted by molar-refractivity contribution is -0.130. The molecule has 1 aliphatic rings. The molecule has 8 heteroatoms. The van der Waals surface area contributed by atoms with Crippen LogP contribution >= 0.6 is 0 Å². The Kier molecular flexibility index (Phi) is 6.50. The van der Waals surface area contributed by atoms with Gasteiger partial charge < -0.3 is 10.1 Å². The van der Waals surface area contributed by atoms with Gasteiger partial charge in [-0.1, -0.05) is 26.2 Å². The van der Waals surface area contributed by atoms with Gasteiger partial charge in [-0.25, -0.2) is 9.48 Å². The van der Waals surface area contributed by atoms with Gasteiger partial charge in [0.2, 0.25) is 0 Å². The Balaban J connectivity index is 2.02. The Morgan fingerprint density at radius 3 is 2.69 bits per heavy atom. The molecule has 1 aromatic rings. The van der Waals surface area contributed by atoms with Crippen LogP contribution in [0, 0.1) is 11.3 Å². The number of esters is 1. The molecule has 1 atom stereocenters. The van der Waals surface area contributed by atoms with Crippen molar-refractivity contribution in [2.45, 2.75) is 70.6 Å². The highest BCUT2D eigenvalue weighted by molar-refractivity contribution is 5.90. The van der Waals surface area contributed by atoms with Crippen molar-refractivity contribution < 1.29 is 14.3 Å². The van der Waals surface area contributed by atoms with Crippen molar-refractivity contribution in [2.24, 2.45) is 0 Å². The first-order valence-corrected chi connectivity index (χ1v) is 8.93. The zero-order valence-corrected chi connectivity index (χ0v) is 15.2. The van der Waals surface area contributed by atoms with E-state index in [9.17, 15) is 19.6 Å². The summed E-state index contributed by atoms with van der Waals surface area (Å²) in [6, 6.07) is 4.72. The minimum absolute atomic E-state index is 0.0367. The molecule has 26 heavy (non-hydrogen) atoms. The predicted molar refractivity (Wildman–Crippen MR) is 93.2 cm³/mol. The maximum atomic E-state index is 12.4. The fraction of sp³-hybridized carbons (Fsp3) is 0.611. The lowest BCUT2D eigenvalue weighted by Gasteiger charge is -2.32. The van der Waals surface area contributed by atoms with Gasteiger partial charge in [-0.2, -0.15) is 10.4 Å². The van der Waals surface area contributed by atoms with Crippen molar-refractivity contribution in [3.05, 3.63) is 28.2 Å². The maximum Gasteiger partial charge on any atom is 0.359 e. The SMILES string of the molecule is CCCn1nc(C(=O)O[C@H](C)C(=O)NC2(C#N)CCCCC2)ccc1=O. The Morgan fingerprint density at radius 1 is 1.38 bits per heavy atom. The van der Waals surface area contributed by atoms with Crippen LogP contribution in [-0.2, 0) is 16.1 Å².